The first-order chi connectivity index (χ1) is 8.33. The van der Waals surface area contributed by atoms with Gasteiger partial charge in [0.15, 0.2) is 5.82 Å². The Morgan fingerprint density at radius 3 is 2.88 bits per heavy atom. The summed E-state index contributed by atoms with van der Waals surface area (Å²) in [7, 11) is 1.92. The van der Waals surface area contributed by atoms with Crippen molar-refractivity contribution >= 4 is 11.8 Å². The second-order valence-electron chi connectivity index (χ2n) is 4.52. The van der Waals surface area contributed by atoms with Crippen molar-refractivity contribution in [2.24, 2.45) is 0 Å². The Bertz CT molecular complexity index is 332. The third-order valence-corrected chi connectivity index (χ3v) is 4.66. The third-order valence-electron chi connectivity index (χ3n) is 3.29. The van der Waals surface area contributed by atoms with Crippen LogP contribution in [0.3, 0.4) is 0 Å². The van der Waals surface area contributed by atoms with Crippen LogP contribution in [-0.4, -0.2) is 22.4 Å². The summed E-state index contributed by atoms with van der Waals surface area (Å²) in [6, 6.07) is 0.188. The van der Waals surface area contributed by atoms with Gasteiger partial charge in [0.25, 0.3) is 0 Å². The molecule has 1 aliphatic carbocycles. The standard InChI is InChI=1S/C12H21N3OS/c1-3-10(13-2)12-14-11(15-16-12)8-17-9-6-4-5-7-9/h9-10,13H,3-8H2,1-2H3. The summed E-state index contributed by atoms with van der Waals surface area (Å²) >= 11 is 1.97. The van der Waals surface area contributed by atoms with Gasteiger partial charge in [0, 0.05) is 5.25 Å². The number of nitrogens with one attached hydrogen (secondary N) is 1. The highest BCUT2D eigenvalue weighted by Gasteiger charge is 2.18. The van der Waals surface area contributed by atoms with Gasteiger partial charge in [0.05, 0.1) is 11.8 Å². The minimum Gasteiger partial charge on any atom is -0.338 e. The van der Waals surface area contributed by atoms with E-state index < -0.39 is 0 Å². The Kier molecular flexibility index (Phi) is 4.86. The zero-order valence-corrected chi connectivity index (χ0v) is 11.4. The lowest BCUT2D eigenvalue weighted by molar-refractivity contribution is 0.332. The molecule has 2 rings (SSSR count). The third kappa shape index (κ3) is 3.45. The van der Waals surface area contributed by atoms with E-state index in [9.17, 15) is 0 Å². The maximum atomic E-state index is 5.29. The van der Waals surface area contributed by atoms with Gasteiger partial charge < -0.3 is 9.84 Å². The molecule has 1 saturated carbocycles. The predicted molar refractivity (Wildman–Crippen MR) is 69.9 cm³/mol. The van der Waals surface area contributed by atoms with Crippen molar-refractivity contribution in [2.45, 2.75) is 56.1 Å². The fraction of sp³-hybridized carbons (Fsp3) is 0.833. The molecule has 4 nitrogen and oxygen atoms in total. The monoisotopic (exact) mass is 255 g/mol. The molecule has 1 aliphatic rings. The summed E-state index contributed by atoms with van der Waals surface area (Å²) in [5, 5.41) is 8.03. The number of aromatic nitrogens is 2. The SMILES string of the molecule is CCC(NC)c1nc(CSC2CCCC2)no1. The molecule has 1 N–H and O–H groups in total. The fourth-order valence-corrected chi connectivity index (χ4v) is 3.39. The number of rotatable bonds is 6. The molecule has 1 aromatic heterocycles. The molecule has 96 valence electrons. The second-order valence-corrected chi connectivity index (χ2v) is 5.80. The van der Waals surface area contributed by atoms with Crippen LogP contribution >= 0.6 is 11.8 Å². The summed E-state index contributed by atoms with van der Waals surface area (Å²) in [6.07, 6.45) is 6.43. The summed E-state index contributed by atoms with van der Waals surface area (Å²) in [5.74, 6) is 2.44. The molecule has 1 heterocycles. The van der Waals surface area contributed by atoms with Crippen LogP contribution in [-0.2, 0) is 5.75 Å². The van der Waals surface area contributed by atoms with Crippen LogP contribution in [0.4, 0.5) is 0 Å². The normalized spacial score (nSPS) is 18.7. The minimum absolute atomic E-state index is 0.188. The van der Waals surface area contributed by atoms with Gasteiger partial charge in [-0.2, -0.15) is 16.7 Å². The molecule has 0 amide bonds. The first-order valence-electron chi connectivity index (χ1n) is 6.44. The highest BCUT2D eigenvalue weighted by molar-refractivity contribution is 7.99. The number of hydrogen-bond donors (Lipinski definition) is 1. The Morgan fingerprint density at radius 2 is 2.24 bits per heavy atom. The predicted octanol–water partition coefficient (Wildman–Crippen LogP) is 2.92. The maximum Gasteiger partial charge on any atom is 0.243 e. The van der Waals surface area contributed by atoms with Crippen molar-refractivity contribution in [1.82, 2.24) is 15.5 Å². The van der Waals surface area contributed by atoms with E-state index in [1.54, 1.807) is 0 Å². The van der Waals surface area contributed by atoms with Crippen LogP contribution < -0.4 is 5.32 Å². The lowest BCUT2D eigenvalue weighted by atomic mass is 10.2. The quantitative estimate of drug-likeness (QED) is 0.847. The molecule has 1 aromatic rings. The lowest BCUT2D eigenvalue weighted by Crippen LogP contribution is -2.15. The number of hydrogen-bond acceptors (Lipinski definition) is 5. The van der Waals surface area contributed by atoms with E-state index in [-0.39, 0.29) is 6.04 Å². The number of thioether (sulfide) groups is 1. The van der Waals surface area contributed by atoms with Crippen LogP contribution in [0.1, 0.15) is 56.8 Å². The van der Waals surface area contributed by atoms with E-state index in [2.05, 4.69) is 22.4 Å². The van der Waals surface area contributed by atoms with E-state index in [1.807, 2.05) is 18.8 Å². The smallest absolute Gasteiger partial charge is 0.243 e. The Hall–Kier alpha value is -0.550. The van der Waals surface area contributed by atoms with E-state index in [4.69, 9.17) is 4.52 Å². The molecule has 17 heavy (non-hydrogen) atoms. The van der Waals surface area contributed by atoms with Crippen molar-refractivity contribution in [3.63, 3.8) is 0 Å². The van der Waals surface area contributed by atoms with E-state index in [1.165, 1.54) is 25.7 Å². The van der Waals surface area contributed by atoms with E-state index >= 15 is 0 Å². The molecular formula is C12H21N3OS. The zero-order valence-electron chi connectivity index (χ0n) is 10.6. The van der Waals surface area contributed by atoms with Crippen molar-refractivity contribution in [1.29, 1.82) is 0 Å². The lowest BCUT2D eigenvalue weighted by Gasteiger charge is -2.07. The van der Waals surface area contributed by atoms with E-state index in [0.717, 1.165) is 29.1 Å². The van der Waals surface area contributed by atoms with Crippen molar-refractivity contribution in [3.05, 3.63) is 11.7 Å². The summed E-state index contributed by atoms with van der Waals surface area (Å²) in [6.45, 7) is 2.11. The highest BCUT2D eigenvalue weighted by atomic mass is 32.2. The molecular weight excluding hydrogens is 234 g/mol. The molecule has 0 spiro atoms. The second kappa shape index (κ2) is 6.40. The van der Waals surface area contributed by atoms with Crippen LogP contribution in [0.5, 0.6) is 0 Å². The molecule has 1 fully saturated rings. The van der Waals surface area contributed by atoms with Crippen molar-refractivity contribution < 1.29 is 4.52 Å². The molecule has 0 aliphatic heterocycles. The Morgan fingerprint density at radius 1 is 1.47 bits per heavy atom. The van der Waals surface area contributed by atoms with Gasteiger partial charge in [-0.05, 0) is 26.3 Å². The highest BCUT2D eigenvalue weighted by Crippen LogP contribution is 2.31. The molecule has 0 bridgehead atoms. The maximum absolute atomic E-state index is 5.29. The summed E-state index contributed by atoms with van der Waals surface area (Å²) in [4.78, 5) is 4.45. The van der Waals surface area contributed by atoms with Gasteiger partial charge in [-0.1, -0.05) is 24.9 Å². The van der Waals surface area contributed by atoms with Crippen LogP contribution in [0.2, 0.25) is 0 Å². The van der Waals surface area contributed by atoms with Crippen molar-refractivity contribution in [3.8, 4) is 0 Å². The first-order valence-corrected chi connectivity index (χ1v) is 7.49. The molecule has 0 aromatic carbocycles. The molecule has 5 heteroatoms. The molecule has 0 radical (unpaired) electrons. The average molecular weight is 255 g/mol. The van der Waals surface area contributed by atoms with Crippen molar-refractivity contribution in [2.75, 3.05) is 7.05 Å². The average Bonchev–Trinajstić information content (AvgIpc) is 2.99. The molecule has 1 unspecified atom stereocenters. The van der Waals surface area contributed by atoms with Gasteiger partial charge in [0.2, 0.25) is 5.89 Å². The van der Waals surface area contributed by atoms with Crippen LogP contribution in [0, 0.1) is 0 Å². The van der Waals surface area contributed by atoms with Crippen LogP contribution in [0.25, 0.3) is 0 Å². The summed E-state index contributed by atoms with van der Waals surface area (Å²) < 4.78 is 5.29. The van der Waals surface area contributed by atoms with Gasteiger partial charge in [-0.25, -0.2) is 0 Å². The first kappa shape index (κ1) is 12.9. The van der Waals surface area contributed by atoms with Gasteiger partial charge >= 0.3 is 0 Å². The Labute approximate surface area is 107 Å². The van der Waals surface area contributed by atoms with Gasteiger partial charge in [-0.15, -0.1) is 0 Å². The minimum atomic E-state index is 0.188. The zero-order chi connectivity index (χ0) is 12.1. The largest absolute Gasteiger partial charge is 0.338 e. The van der Waals surface area contributed by atoms with Crippen LogP contribution in [0.15, 0.2) is 4.52 Å². The summed E-state index contributed by atoms with van der Waals surface area (Å²) in [5.41, 5.74) is 0. The molecule has 1 atom stereocenters. The fourth-order valence-electron chi connectivity index (χ4n) is 2.22. The Balaban J connectivity index is 1.84. The van der Waals surface area contributed by atoms with Gasteiger partial charge in [0.1, 0.15) is 0 Å². The number of nitrogens with zero attached hydrogens (tertiary/aromatic N) is 2. The topological polar surface area (TPSA) is 51.0 Å². The van der Waals surface area contributed by atoms with E-state index in [0.29, 0.717) is 0 Å². The van der Waals surface area contributed by atoms with Gasteiger partial charge in [-0.3, -0.25) is 0 Å². The molecule has 0 saturated heterocycles.